The smallest absolute Gasteiger partial charge is 0.241 e. The number of rotatable bonds is 5. The Morgan fingerprint density at radius 3 is 2.43 bits per heavy atom. The van der Waals surface area contributed by atoms with Gasteiger partial charge in [0.2, 0.25) is 5.91 Å². The molecular weight excluding hydrogens is 359 g/mol. The van der Waals surface area contributed by atoms with E-state index in [-0.39, 0.29) is 35.6 Å². The van der Waals surface area contributed by atoms with Crippen molar-refractivity contribution in [1.29, 1.82) is 0 Å². The number of hydrazine groups is 1. The summed E-state index contributed by atoms with van der Waals surface area (Å²) in [5.41, 5.74) is 7.01. The minimum atomic E-state index is -0.356. The first-order valence-corrected chi connectivity index (χ1v) is 10.1. The van der Waals surface area contributed by atoms with Crippen LogP contribution in [0.4, 0.5) is 4.39 Å². The first-order chi connectivity index (χ1) is 13.3. The maximum absolute atomic E-state index is 13.2. The van der Waals surface area contributed by atoms with E-state index in [4.69, 9.17) is 0 Å². The van der Waals surface area contributed by atoms with E-state index in [9.17, 15) is 14.0 Å². The predicted octanol–water partition coefficient (Wildman–Crippen LogP) is 1.71. The summed E-state index contributed by atoms with van der Waals surface area (Å²) in [5, 5.41) is 0. The lowest BCUT2D eigenvalue weighted by Crippen LogP contribution is -2.50. The molecule has 2 aliphatic heterocycles. The van der Waals surface area contributed by atoms with E-state index in [0.29, 0.717) is 25.4 Å². The molecule has 0 saturated carbocycles. The van der Waals surface area contributed by atoms with E-state index >= 15 is 0 Å². The fraction of sp³-hybridized carbons (Fsp3) is 0.619. The van der Waals surface area contributed by atoms with Gasteiger partial charge in [0.05, 0.1) is 6.04 Å². The monoisotopic (exact) mass is 390 g/mol. The molecule has 2 N–H and O–H groups in total. The van der Waals surface area contributed by atoms with E-state index in [1.54, 1.807) is 6.92 Å². The maximum atomic E-state index is 13.2. The number of nitrogens with zero attached hydrogens (tertiary/aromatic N) is 2. The molecule has 1 amide bonds. The van der Waals surface area contributed by atoms with Crippen molar-refractivity contribution in [3.05, 3.63) is 35.6 Å². The second-order valence-electron chi connectivity index (χ2n) is 8.29. The van der Waals surface area contributed by atoms with E-state index in [0.717, 1.165) is 25.1 Å². The van der Waals surface area contributed by atoms with Crippen LogP contribution in [0.2, 0.25) is 0 Å². The van der Waals surface area contributed by atoms with Crippen LogP contribution in [0.5, 0.6) is 0 Å². The Kier molecular flexibility index (Phi) is 6.80. The van der Waals surface area contributed by atoms with Gasteiger partial charge < -0.3 is 4.90 Å². The quantitative estimate of drug-likeness (QED) is 0.801. The third-order valence-corrected chi connectivity index (χ3v) is 5.82. The largest absolute Gasteiger partial charge is 0.340 e. The zero-order valence-corrected chi connectivity index (χ0v) is 17.0. The van der Waals surface area contributed by atoms with Crippen molar-refractivity contribution in [3.8, 4) is 0 Å². The van der Waals surface area contributed by atoms with E-state index < -0.39 is 0 Å². The zero-order valence-electron chi connectivity index (χ0n) is 17.0. The number of hydrogen-bond donors (Lipinski definition) is 2. The van der Waals surface area contributed by atoms with Gasteiger partial charge in [-0.1, -0.05) is 26.0 Å². The molecule has 3 atom stereocenters. The minimum Gasteiger partial charge on any atom is -0.340 e. The summed E-state index contributed by atoms with van der Waals surface area (Å²) in [4.78, 5) is 29.0. The highest BCUT2D eigenvalue weighted by atomic mass is 19.1. The standard InChI is InChI=1S/C21H31FN4O2/c1-14(2)20-13-26(21(28)19-11-18(15(3)27)23-24-19)10-4-9-25(20)12-16-5-7-17(22)8-6-16/h5-8,14,18-20,23-24H,4,9-13H2,1-3H3. The topological polar surface area (TPSA) is 64.7 Å². The lowest BCUT2D eigenvalue weighted by atomic mass is 10.0. The SMILES string of the molecule is CC(=O)C1CC(C(=O)N2CCCN(Cc3ccc(F)cc3)C(C(C)C)C2)NN1. The van der Waals surface area contributed by atoms with Crippen molar-refractivity contribution in [3.63, 3.8) is 0 Å². The number of nitrogens with one attached hydrogen (secondary N) is 2. The molecular formula is C21H31FN4O2. The number of halogens is 1. The predicted molar refractivity (Wildman–Crippen MR) is 106 cm³/mol. The number of benzene rings is 1. The maximum Gasteiger partial charge on any atom is 0.241 e. The summed E-state index contributed by atoms with van der Waals surface area (Å²) < 4.78 is 13.2. The van der Waals surface area contributed by atoms with E-state index in [1.165, 1.54) is 12.1 Å². The first-order valence-electron chi connectivity index (χ1n) is 10.1. The molecule has 0 radical (unpaired) electrons. The fourth-order valence-electron chi connectivity index (χ4n) is 4.12. The van der Waals surface area contributed by atoms with Crippen LogP contribution in [0.15, 0.2) is 24.3 Å². The number of hydrogen-bond acceptors (Lipinski definition) is 5. The van der Waals surface area contributed by atoms with Crippen LogP contribution in [-0.4, -0.2) is 59.3 Å². The summed E-state index contributed by atoms with van der Waals surface area (Å²) in [5.74, 6) is 0.265. The van der Waals surface area contributed by atoms with Crippen LogP contribution < -0.4 is 10.9 Å². The van der Waals surface area contributed by atoms with Gasteiger partial charge in [-0.15, -0.1) is 0 Å². The Labute approximate surface area is 166 Å². The van der Waals surface area contributed by atoms with Crippen LogP contribution in [0.25, 0.3) is 0 Å². The number of carbonyl (C=O) groups excluding carboxylic acids is 2. The van der Waals surface area contributed by atoms with Gasteiger partial charge >= 0.3 is 0 Å². The number of carbonyl (C=O) groups is 2. The number of amides is 1. The molecule has 2 fully saturated rings. The lowest BCUT2D eigenvalue weighted by Gasteiger charge is -2.35. The summed E-state index contributed by atoms with van der Waals surface area (Å²) in [6.45, 7) is 8.93. The molecule has 28 heavy (non-hydrogen) atoms. The van der Waals surface area contributed by atoms with Crippen molar-refractivity contribution in [2.24, 2.45) is 5.92 Å². The molecule has 3 rings (SSSR count). The first kappa shape index (κ1) is 20.9. The van der Waals surface area contributed by atoms with Crippen molar-refractivity contribution in [1.82, 2.24) is 20.7 Å². The zero-order chi connectivity index (χ0) is 20.3. The summed E-state index contributed by atoms with van der Waals surface area (Å²) in [6.07, 6.45) is 1.39. The van der Waals surface area contributed by atoms with Gasteiger partial charge in [-0.25, -0.2) is 15.2 Å². The van der Waals surface area contributed by atoms with Gasteiger partial charge in [-0.3, -0.25) is 14.5 Å². The lowest BCUT2D eigenvalue weighted by molar-refractivity contribution is -0.133. The van der Waals surface area contributed by atoms with E-state index in [1.807, 2.05) is 17.0 Å². The van der Waals surface area contributed by atoms with Crippen LogP contribution in [0.3, 0.4) is 0 Å². The summed E-state index contributed by atoms with van der Waals surface area (Å²) >= 11 is 0. The molecule has 0 bridgehead atoms. The van der Waals surface area contributed by atoms with Crippen molar-refractivity contribution < 1.29 is 14.0 Å². The molecule has 7 heteroatoms. The minimum absolute atomic E-state index is 0.0456. The Bertz CT molecular complexity index is 694. The third-order valence-electron chi connectivity index (χ3n) is 5.82. The fourth-order valence-corrected chi connectivity index (χ4v) is 4.12. The van der Waals surface area contributed by atoms with Gasteiger partial charge in [0.1, 0.15) is 17.6 Å². The van der Waals surface area contributed by atoms with Crippen LogP contribution >= 0.6 is 0 Å². The van der Waals surface area contributed by atoms with Gasteiger partial charge in [0.25, 0.3) is 0 Å². The Morgan fingerprint density at radius 2 is 1.82 bits per heavy atom. The Hall–Kier alpha value is -1.83. The molecule has 0 aliphatic carbocycles. The highest BCUT2D eigenvalue weighted by Crippen LogP contribution is 2.21. The van der Waals surface area contributed by atoms with Crippen molar-refractivity contribution >= 4 is 11.7 Å². The molecule has 1 aromatic carbocycles. The second kappa shape index (κ2) is 9.11. The summed E-state index contributed by atoms with van der Waals surface area (Å²) in [7, 11) is 0. The second-order valence-corrected chi connectivity index (χ2v) is 8.29. The number of Topliss-reactive ketones (excluding diaryl/α,β-unsaturated/α-hetero) is 1. The molecule has 2 heterocycles. The van der Waals surface area contributed by atoms with Gasteiger partial charge in [-0.05, 0) is 43.4 Å². The Morgan fingerprint density at radius 1 is 1.14 bits per heavy atom. The Balaban J connectivity index is 1.67. The molecule has 6 nitrogen and oxygen atoms in total. The summed E-state index contributed by atoms with van der Waals surface area (Å²) in [6, 6.07) is 6.24. The average molecular weight is 391 g/mol. The normalized spacial score (nSPS) is 26.5. The molecule has 0 spiro atoms. The van der Waals surface area contributed by atoms with Gasteiger partial charge in [0, 0.05) is 32.2 Å². The molecule has 3 unspecified atom stereocenters. The van der Waals surface area contributed by atoms with Gasteiger partial charge in [-0.2, -0.15) is 0 Å². The molecule has 2 saturated heterocycles. The molecule has 2 aliphatic rings. The number of ketones is 1. The molecule has 1 aromatic rings. The molecule has 0 aromatic heterocycles. The van der Waals surface area contributed by atoms with Crippen molar-refractivity contribution in [2.75, 3.05) is 19.6 Å². The highest BCUT2D eigenvalue weighted by molar-refractivity contribution is 5.86. The van der Waals surface area contributed by atoms with Crippen LogP contribution in [0, 0.1) is 11.7 Å². The third kappa shape index (κ3) is 4.96. The van der Waals surface area contributed by atoms with E-state index in [2.05, 4.69) is 29.6 Å². The molecule has 154 valence electrons. The van der Waals surface area contributed by atoms with Crippen molar-refractivity contribution in [2.45, 2.75) is 58.3 Å². The van der Waals surface area contributed by atoms with Gasteiger partial charge in [0.15, 0.2) is 0 Å². The van der Waals surface area contributed by atoms with Crippen LogP contribution in [0.1, 0.15) is 39.2 Å². The van der Waals surface area contributed by atoms with Crippen LogP contribution in [-0.2, 0) is 16.1 Å². The highest BCUT2D eigenvalue weighted by Gasteiger charge is 2.36. The average Bonchev–Trinajstić information content (AvgIpc) is 3.06.